The first-order chi connectivity index (χ1) is 16.9. The van der Waals surface area contributed by atoms with Gasteiger partial charge in [0.05, 0.1) is 12.3 Å². The molecule has 0 saturated heterocycles. The number of nitrogens with one attached hydrogen (secondary N) is 2. The third-order valence-electron chi connectivity index (χ3n) is 5.24. The van der Waals surface area contributed by atoms with Crippen molar-refractivity contribution in [2.45, 2.75) is 13.8 Å². The lowest BCUT2D eigenvalue weighted by molar-refractivity contribution is -0.112. The molecule has 3 aromatic rings. The fourth-order valence-corrected chi connectivity index (χ4v) is 4.34. The Morgan fingerprint density at radius 1 is 1.11 bits per heavy atom. The molecule has 1 aliphatic heterocycles. The first-order valence-electron chi connectivity index (χ1n) is 11.0. The molecular formula is C26H26FN3O4S. The van der Waals surface area contributed by atoms with Crippen molar-refractivity contribution in [1.82, 2.24) is 10.3 Å². The summed E-state index contributed by atoms with van der Waals surface area (Å²) in [6.07, 6.45) is 2.80. The van der Waals surface area contributed by atoms with Gasteiger partial charge in [0.1, 0.15) is 23.9 Å². The fourth-order valence-electron chi connectivity index (χ4n) is 3.65. The predicted octanol–water partition coefficient (Wildman–Crippen LogP) is 5.52. The SMILES string of the molecule is COCCOc1ccc(Oc2cc(C)c(-c3csc(NC(=O)C4=CCNC(F)=C4)n3)c(C)c2)cc1. The zero-order valence-corrected chi connectivity index (χ0v) is 20.5. The molecule has 182 valence electrons. The number of carbonyl (C=O) groups is 1. The highest BCUT2D eigenvalue weighted by Gasteiger charge is 2.16. The molecule has 1 aliphatic rings. The Hall–Kier alpha value is -3.69. The van der Waals surface area contributed by atoms with E-state index in [1.165, 1.54) is 17.4 Å². The molecule has 2 aromatic carbocycles. The van der Waals surface area contributed by atoms with Crippen LogP contribution in [0.15, 0.2) is 65.5 Å². The first kappa shape index (κ1) is 24.4. The van der Waals surface area contributed by atoms with Crippen LogP contribution in [-0.2, 0) is 9.53 Å². The molecule has 0 aliphatic carbocycles. The molecule has 35 heavy (non-hydrogen) atoms. The Morgan fingerprint density at radius 3 is 2.51 bits per heavy atom. The molecule has 0 saturated carbocycles. The summed E-state index contributed by atoms with van der Waals surface area (Å²) >= 11 is 1.32. The van der Waals surface area contributed by atoms with Gasteiger partial charge in [-0.2, -0.15) is 4.39 Å². The number of hydrogen-bond donors (Lipinski definition) is 2. The number of carbonyl (C=O) groups excluding carboxylic acids is 1. The number of hydrogen-bond acceptors (Lipinski definition) is 7. The van der Waals surface area contributed by atoms with E-state index in [2.05, 4.69) is 15.6 Å². The molecule has 0 radical (unpaired) electrons. The van der Waals surface area contributed by atoms with Gasteiger partial charge in [0.2, 0.25) is 0 Å². The van der Waals surface area contributed by atoms with Gasteiger partial charge in [-0.1, -0.05) is 6.08 Å². The lowest BCUT2D eigenvalue weighted by atomic mass is 10.0. The number of nitrogens with zero attached hydrogens (tertiary/aromatic N) is 1. The summed E-state index contributed by atoms with van der Waals surface area (Å²) in [6.45, 7) is 5.28. The van der Waals surface area contributed by atoms with Gasteiger partial charge in [-0.3, -0.25) is 10.1 Å². The molecule has 0 spiro atoms. The van der Waals surface area contributed by atoms with E-state index in [0.29, 0.717) is 29.8 Å². The van der Waals surface area contributed by atoms with E-state index in [9.17, 15) is 9.18 Å². The second kappa shape index (κ2) is 11.2. The highest BCUT2D eigenvalue weighted by atomic mass is 32.1. The Balaban J connectivity index is 1.44. The molecule has 7 nitrogen and oxygen atoms in total. The predicted molar refractivity (Wildman–Crippen MR) is 135 cm³/mol. The minimum atomic E-state index is -0.530. The van der Waals surface area contributed by atoms with Gasteiger partial charge in [0.25, 0.3) is 5.91 Å². The Kier molecular flexibility index (Phi) is 7.79. The summed E-state index contributed by atoms with van der Waals surface area (Å²) in [5.41, 5.74) is 3.98. The van der Waals surface area contributed by atoms with Crippen LogP contribution in [0.5, 0.6) is 17.2 Å². The summed E-state index contributed by atoms with van der Waals surface area (Å²) in [5, 5.41) is 7.59. The fraction of sp³-hybridized carbons (Fsp3) is 0.231. The van der Waals surface area contributed by atoms with Crippen LogP contribution < -0.4 is 20.1 Å². The third-order valence-corrected chi connectivity index (χ3v) is 6.00. The van der Waals surface area contributed by atoms with Crippen molar-refractivity contribution in [3.8, 4) is 28.5 Å². The summed E-state index contributed by atoms with van der Waals surface area (Å²) in [5.74, 6) is 1.24. The van der Waals surface area contributed by atoms with Crippen molar-refractivity contribution in [2.24, 2.45) is 0 Å². The molecule has 2 N–H and O–H groups in total. The van der Waals surface area contributed by atoms with Gasteiger partial charge >= 0.3 is 0 Å². The third kappa shape index (κ3) is 6.26. The second-order valence-corrected chi connectivity index (χ2v) is 8.73. The molecule has 0 fully saturated rings. The minimum Gasteiger partial charge on any atom is -0.491 e. The largest absolute Gasteiger partial charge is 0.491 e. The lowest BCUT2D eigenvalue weighted by Crippen LogP contribution is -2.21. The van der Waals surface area contributed by atoms with Crippen LogP contribution in [0.4, 0.5) is 9.52 Å². The van der Waals surface area contributed by atoms with Crippen LogP contribution >= 0.6 is 11.3 Å². The molecule has 0 atom stereocenters. The number of anilines is 1. The quantitative estimate of drug-likeness (QED) is 0.300. The average Bonchev–Trinajstić information content (AvgIpc) is 3.27. The summed E-state index contributed by atoms with van der Waals surface area (Å²) in [6, 6.07) is 11.3. The Labute approximate surface area is 207 Å². The van der Waals surface area contributed by atoms with Crippen molar-refractivity contribution < 1.29 is 23.4 Å². The zero-order valence-electron chi connectivity index (χ0n) is 19.7. The summed E-state index contributed by atoms with van der Waals surface area (Å²) < 4.78 is 30.0. The van der Waals surface area contributed by atoms with Gasteiger partial charge < -0.3 is 19.5 Å². The topological polar surface area (TPSA) is 81.7 Å². The number of aromatic nitrogens is 1. The van der Waals surface area contributed by atoms with Crippen molar-refractivity contribution in [3.05, 3.63) is 76.6 Å². The number of methoxy groups -OCH3 is 1. The van der Waals surface area contributed by atoms with Crippen molar-refractivity contribution in [3.63, 3.8) is 0 Å². The van der Waals surface area contributed by atoms with Crippen molar-refractivity contribution in [2.75, 3.05) is 32.2 Å². The smallest absolute Gasteiger partial charge is 0.257 e. The lowest BCUT2D eigenvalue weighted by Gasteiger charge is -2.13. The van der Waals surface area contributed by atoms with Gasteiger partial charge in [0, 0.05) is 36.2 Å². The molecule has 0 bridgehead atoms. The van der Waals surface area contributed by atoms with Crippen LogP contribution in [0.1, 0.15) is 11.1 Å². The number of amides is 1. The maximum absolute atomic E-state index is 13.4. The van der Waals surface area contributed by atoms with E-state index >= 15 is 0 Å². The summed E-state index contributed by atoms with van der Waals surface area (Å²) in [4.78, 5) is 17.0. The van der Waals surface area contributed by atoms with E-state index in [1.54, 1.807) is 13.2 Å². The number of aryl methyl sites for hydroxylation is 2. The normalized spacial score (nSPS) is 12.9. The minimum absolute atomic E-state index is 0.265. The molecule has 1 aromatic heterocycles. The van der Waals surface area contributed by atoms with Gasteiger partial charge in [0.15, 0.2) is 11.1 Å². The van der Waals surface area contributed by atoms with Gasteiger partial charge in [-0.05, 0) is 61.4 Å². The van der Waals surface area contributed by atoms with E-state index in [1.807, 2.05) is 55.6 Å². The van der Waals surface area contributed by atoms with Crippen LogP contribution in [-0.4, -0.2) is 37.8 Å². The van der Waals surface area contributed by atoms with Crippen LogP contribution in [0.3, 0.4) is 0 Å². The zero-order chi connectivity index (χ0) is 24.8. The second-order valence-electron chi connectivity index (χ2n) is 7.87. The number of benzene rings is 2. The van der Waals surface area contributed by atoms with Gasteiger partial charge in [-0.15, -0.1) is 11.3 Å². The maximum Gasteiger partial charge on any atom is 0.257 e. The van der Waals surface area contributed by atoms with Crippen LogP contribution in [0.25, 0.3) is 11.3 Å². The highest BCUT2D eigenvalue weighted by molar-refractivity contribution is 7.14. The molecule has 4 rings (SSSR count). The van der Waals surface area contributed by atoms with Gasteiger partial charge in [-0.25, -0.2) is 4.98 Å². The van der Waals surface area contributed by atoms with Crippen LogP contribution in [0.2, 0.25) is 0 Å². The molecule has 9 heteroatoms. The monoisotopic (exact) mass is 495 g/mol. The van der Waals surface area contributed by atoms with Crippen LogP contribution in [0, 0.1) is 13.8 Å². The Bertz CT molecular complexity index is 1240. The maximum atomic E-state index is 13.4. The number of dihydropyridines is 1. The first-order valence-corrected chi connectivity index (χ1v) is 11.9. The average molecular weight is 496 g/mol. The number of halogens is 1. The van der Waals surface area contributed by atoms with E-state index in [0.717, 1.165) is 28.1 Å². The molecular weight excluding hydrogens is 469 g/mol. The van der Waals surface area contributed by atoms with E-state index < -0.39 is 11.9 Å². The number of thiazole rings is 1. The number of ether oxygens (including phenoxy) is 3. The molecule has 1 amide bonds. The highest BCUT2D eigenvalue weighted by Crippen LogP contribution is 2.35. The molecule has 2 heterocycles. The van der Waals surface area contributed by atoms with E-state index in [-0.39, 0.29) is 12.1 Å². The Morgan fingerprint density at radius 2 is 1.83 bits per heavy atom. The standard InChI is InChI=1S/C26H26FN3O4S/c1-16-12-21(34-20-6-4-19(5-7-20)33-11-10-32-3)13-17(2)24(16)22-15-35-26(29-22)30-25(31)18-8-9-28-23(27)14-18/h4-8,12-15,28H,9-11H2,1-3H3,(H,29,30,31). The van der Waals surface area contributed by atoms with Crippen molar-refractivity contribution >= 4 is 22.4 Å². The van der Waals surface area contributed by atoms with Crippen molar-refractivity contribution in [1.29, 1.82) is 0 Å². The number of rotatable bonds is 9. The molecule has 0 unspecified atom stereocenters. The summed E-state index contributed by atoms with van der Waals surface area (Å²) in [7, 11) is 1.64. The van der Waals surface area contributed by atoms with E-state index in [4.69, 9.17) is 14.2 Å².